The van der Waals surface area contributed by atoms with Crippen LogP contribution in [0.3, 0.4) is 0 Å². The average Bonchev–Trinajstić information content (AvgIpc) is 3.12. The molecule has 1 aromatic rings. The van der Waals surface area contributed by atoms with E-state index < -0.39 is 10.8 Å². The third-order valence-corrected chi connectivity index (χ3v) is 6.46. The predicted molar refractivity (Wildman–Crippen MR) is 83.4 cm³/mol. The van der Waals surface area contributed by atoms with Crippen molar-refractivity contribution in [1.29, 1.82) is 0 Å². The lowest BCUT2D eigenvalue weighted by Gasteiger charge is -2.29. The molecule has 0 saturated heterocycles. The molecule has 0 N–H and O–H groups in total. The number of carbonyl (C=O) groups is 2. The first-order chi connectivity index (χ1) is 10.6. The Labute approximate surface area is 131 Å². The maximum absolute atomic E-state index is 12.8. The Balaban J connectivity index is 1.71. The molecule has 1 aromatic carbocycles. The van der Waals surface area contributed by atoms with Crippen molar-refractivity contribution in [2.75, 3.05) is 0 Å². The van der Waals surface area contributed by atoms with Crippen LogP contribution in [-0.2, 0) is 20.4 Å². The van der Waals surface area contributed by atoms with E-state index in [9.17, 15) is 13.8 Å². The molecule has 22 heavy (non-hydrogen) atoms. The highest BCUT2D eigenvalue weighted by atomic mass is 32.2. The minimum Gasteiger partial charge on any atom is -0.294 e. The van der Waals surface area contributed by atoms with Gasteiger partial charge < -0.3 is 0 Å². The summed E-state index contributed by atoms with van der Waals surface area (Å²) >= 11 is 0. The molecule has 0 spiro atoms. The van der Waals surface area contributed by atoms with Gasteiger partial charge in [-0.3, -0.25) is 9.59 Å². The van der Waals surface area contributed by atoms with Crippen LogP contribution in [0, 0.1) is 30.6 Å². The van der Waals surface area contributed by atoms with Crippen molar-refractivity contribution in [3.05, 3.63) is 53.0 Å². The zero-order valence-electron chi connectivity index (χ0n) is 12.2. The molecule has 2 bridgehead atoms. The van der Waals surface area contributed by atoms with Crippen molar-refractivity contribution in [3.63, 3.8) is 0 Å². The smallest absolute Gasteiger partial charge is 0.176 e. The summed E-state index contributed by atoms with van der Waals surface area (Å²) in [5.41, 5.74) is 1.07. The summed E-state index contributed by atoms with van der Waals surface area (Å²) < 4.78 is 12.7. The van der Waals surface area contributed by atoms with Crippen LogP contribution in [0.2, 0.25) is 0 Å². The van der Waals surface area contributed by atoms with Gasteiger partial charge in [0.15, 0.2) is 11.6 Å². The van der Waals surface area contributed by atoms with Crippen LogP contribution < -0.4 is 0 Å². The van der Waals surface area contributed by atoms with Crippen LogP contribution in [0.25, 0.3) is 0 Å². The highest BCUT2D eigenvalue weighted by molar-refractivity contribution is 7.90. The van der Waals surface area contributed by atoms with E-state index in [1.165, 1.54) is 6.08 Å². The Kier molecular flexibility index (Phi) is 3.05. The Morgan fingerprint density at radius 1 is 1.00 bits per heavy atom. The van der Waals surface area contributed by atoms with Crippen molar-refractivity contribution in [1.82, 2.24) is 0 Å². The fraction of sp³-hybridized carbons (Fsp3) is 0.333. The monoisotopic (exact) mass is 312 g/mol. The average molecular weight is 312 g/mol. The van der Waals surface area contributed by atoms with Gasteiger partial charge in [-0.1, -0.05) is 29.8 Å². The van der Waals surface area contributed by atoms with Crippen molar-refractivity contribution in [2.24, 2.45) is 23.7 Å². The van der Waals surface area contributed by atoms with Gasteiger partial charge in [0.25, 0.3) is 0 Å². The van der Waals surface area contributed by atoms with Gasteiger partial charge in [0.1, 0.15) is 0 Å². The first-order valence-electron chi connectivity index (χ1n) is 7.53. The molecule has 5 atom stereocenters. The molecular formula is C18H16O3S. The molecular weight excluding hydrogens is 296 g/mol. The predicted octanol–water partition coefficient (Wildman–Crippen LogP) is 2.58. The molecule has 0 radical (unpaired) electrons. The molecule has 1 unspecified atom stereocenters. The van der Waals surface area contributed by atoms with Gasteiger partial charge in [-0.05, 0) is 37.3 Å². The zero-order valence-corrected chi connectivity index (χ0v) is 13.0. The van der Waals surface area contributed by atoms with Crippen molar-refractivity contribution in [3.8, 4) is 0 Å². The van der Waals surface area contributed by atoms with Crippen LogP contribution in [0.5, 0.6) is 0 Å². The van der Waals surface area contributed by atoms with Crippen LogP contribution in [-0.4, -0.2) is 15.8 Å². The largest absolute Gasteiger partial charge is 0.294 e. The maximum Gasteiger partial charge on any atom is 0.176 e. The summed E-state index contributed by atoms with van der Waals surface area (Å²) in [6.45, 7) is 1.95. The topological polar surface area (TPSA) is 51.2 Å². The van der Waals surface area contributed by atoms with Crippen molar-refractivity contribution < 1.29 is 13.8 Å². The molecule has 0 aliphatic heterocycles. The number of hydrogen-bond donors (Lipinski definition) is 0. The number of carbonyl (C=O) groups excluding carboxylic acids is 2. The highest BCUT2D eigenvalue weighted by Gasteiger charge is 2.53. The van der Waals surface area contributed by atoms with E-state index in [1.807, 2.05) is 19.1 Å². The molecule has 112 valence electrons. The molecule has 4 rings (SSSR count). The lowest BCUT2D eigenvalue weighted by atomic mass is 9.75. The van der Waals surface area contributed by atoms with Crippen LogP contribution in [0.1, 0.15) is 12.0 Å². The van der Waals surface area contributed by atoms with E-state index in [0.717, 1.165) is 12.0 Å². The number of aryl methyl sites for hydroxylation is 1. The van der Waals surface area contributed by atoms with Gasteiger partial charge >= 0.3 is 0 Å². The third kappa shape index (κ3) is 1.90. The summed E-state index contributed by atoms with van der Waals surface area (Å²) in [5.74, 6) is -0.308. The Morgan fingerprint density at radius 2 is 1.64 bits per heavy atom. The second-order valence-electron chi connectivity index (χ2n) is 6.36. The van der Waals surface area contributed by atoms with Gasteiger partial charge in [0.2, 0.25) is 0 Å². The molecule has 1 saturated carbocycles. The SMILES string of the molecule is Cc1ccc(S(=O)C2=CC(=O)[C@H]3[C@@H](C2=O)[C@H]2C=C[C@@H]3C2)cc1. The summed E-state index contributed by atoms with van der Waals surface area (Å²) in [7, 11) is -1.57. The molecule has 0 aromatic heterocycles. The standard InChI is InChI=1S/C18H16O3S/c1-10-2-6-13(7-3-10)22(21)15-9-14(19)16-11-4-5-12(8-11)17(16)18(15)20/h2-7,9,11-12,16-17H,8H2,1H3/t11-,12+,16+,17+,22?/m1/s1. The summed E-state index contributed by atoms with van der Waals surface area (Å²) in [4.78, 5) is 25.9. The van der Waals surface area contributed by atoms with E-state index >= 15 is 0 Å². The fourth-order valence-electron chi connectivity index (χ4n) is 3.96. The Hall–Kier alpha value is -1.81. The summed E-state index contributed by atoms with van der Waals surface area (Å²) in [5, 5.41) is 0. The highest BCUT2D eigenvalue weighted by Crippen LogP contribution is 2.51. The number of rotatable bonds is 2. The van der Waals surface area contributed by atoms with Gasteiger partial charge in [-0.25, -0.2) is 4.21 Å². The molecule has 3 aliphatic carbocycles. The number of benzene rings is 1. The number of allylic oxidation sites excluding steroid dienone is 4. The first kappa shape index (κ1) is 13.8. The molecule has 3 nitrogen and oxygen atoms in total. The van der Waals surface area contributed by atoms with Crippen LogP contribution >= 0.6 is 0 Å². The lowest BCUT2D eigenvalue weighted by Crippen LogP contribution is -2.38. The Morgan fingerprint density at radius 3 is 2.32 bits per heavy atom. The summed E-state index contributed by atoms with van der Waals surface area (Å²) in [6, 6.07) is 7.26. The number of fused-ring (bicyclic) bond motifs is 5. The van der Waals surface area contributed by atoms with Gasteiger partial charge in [-0.2, -0.15) is 0 Å². The first-order valence-corrected chi connectivity index (χ1v) is 8.68. The van der Waals surface area contributed by atoms with E-state index in [1.54, 1.807) is 12.1 Å². The van der Waals surface area contributed by atoms with E-state index in [0.29, 0.717) is 4.90 Å². The Bertz CT molecular complexity index is 757. The van der Waals surface area contributed by atoms with E-state index in [-0.39, 0.29) is 40.1 Å². The second kappa shape index (κ2) is 4.85. The van der Waals surface area contributed by atoms with Gasteiger partial charge in [-0.15, -0.1) is 0 Å². The fourth-order valence-corrected chi connectivity index (χ4v) is 5.14. The normalized spacial score (nSPS) is 33.8. The minimum absolute atomic E-state index is 0.0306. The van der Waals surface area contributed by atoms with E-state index in [2.05, 4.69) is 12.2 Å². The number of hydrogen-bond acceptors (Lipinski definition) is 3. The van der Waals surface area contributed by atoms with Crippen molar-refractivity contribution >= 4 is 22.4 Å². The molecule has 0 heterocycles. The van der Waals surface area contributed by atoms with Crippen LogP contribution in [0.4, 0.5) is 0 Å². The van der Waals surface area contributed by atoms with Crippen molar-refractivity contribution in [2.45, 2.75) is 18.2 Å². The number of Topliss-reactive ketones (excluding diaryl/α,β-unsaturated/α-hetero) is 1. The maximum atomic E-state index is 12.8. The minimum atomic E-state index is -1.57. The molecule has 3 aliphatic rings. The van der Waals surface area contributed by atoms with Gasteiger partial charge in [0.05, 0.1) is 15.7 Å². The van der Waals surface area contributed by atoms with E-state index in [4.69, 9.17) is 0 Å². The third-order valence-electron chi connectivity index (χ3n) is 5.04. The quantitative estimate of drug-likeness (QED) is 0.789. The second-order valence-corrected chi connectivity index (χ2v) is 7.81. The molecule has 0 amide bonds. The number of ketones is 2. The zero-order chi connectivity index (χ0) is 15.4. The summed E-state index contributed by atoms with van der Waals surface area (Å²) in [6.07, 6.45) is 6.33. The molecule has 4 heteroatoms. The lowest BCUT2D eigenvalue weighted by molar-refractivity contribution is -0.129. The van der Waals surface area contributed by atoms with Crippen LogP contribution in [0.15, 0.2) is 52.3 Å². The van der Waals surface area contributed by atoms with Gasteiger partial charge in [0, 0.05) is 22.8 Å². The molecule has 1 fully saturated rings.